The zero-order valence-electron chi connectivity index (χ0n) is 8.57. The Kier molecular flexibility index (Phi) is 4.69. The number of hydrogen-bond acceptors (Lipinski definition) is 4. The molecule has 0 amide bonds. The average Bonchev–Trinajstić information content (AvgIpc) is 2.14. The number of methoxy groups -OCH3 is 1. The normalized spacial score (nSPS) is 27.4. The van der Waals surface area contributed by atoms with E-state index in [0.717, 1.165) is 25.8 Å². The van der Waals surface area contributed by atoms with E-state index in [1.54, 1.807) is 7.11 Å². The lowest BCUT2D eigenvalue weighted by Gasteiger charge is -2.34. The molecular formula is C9H19N3O2. The molecule has 0 heterocycles. The summed E-state index contributed by atoms with van der Waals surface area (Å²) in [6.07, 6.45) is 4.19. The molecule has 0 aromatic heterocycles. The van der Waals surface area contributed by atoms with Crippen molar-refractivity contribution in [1.29, 1.82) is 0 Å². The van der Waals surface area contributed by atoms with Gasteiger partial charge in [0.1, 0.15) is 5.84 Å². The van der Waals surface area contributed by atoms with Crippen LogP contribution in [-0.4, -0.2) is 36.8 Å². The Morgan fingerprint density at radius 1 is 1.64 bits per heavy atom. The number of nitrogens with one attached hydrogen (secondary N) is 1. The highest BCUT2D eigenvalue weighted by Gasteiger charge is 2.27. The maximum absolute atomic E-state index is 8.29. The summed E-state index contributed by atoms with van der Waals surface area (Å²) in [7, 11) is 1.75. The molecule has 0 spiro atoms. The summed E-state index contributed by atoms with van der Waals surface area (Å²) in [6, 6.07) is 0.590. The quantitative estimate of drug-likeness (QED) is 0.189. The molecule has 0 saturated heterocycles. The zero-order valence-corrected chi connectivity index (χ0v) is 8.57. The lowest BCUT2D eigenvalue weighted by Crippen LogP contribution is -2.45. The maximum Gasteiger partial charge on any atom is 0.139 e. The molecule has 1 saturated carbocycles. The second kappa shape index (κ2) is 5.82. The van der Waals surface area contributed by atoms with Crippen LogP contribution in [0.4, 0.5) is 0 Å². The molecule has 0 bridgehead atoms. The third kappa shape index (κ3) is 3.51. The molecule has 1 aliphatic rings. The van der Waals surface area contributed by atoms with E-state index in [4.69, 9.17) is 15.7 Å². The molecule has 82 valence electrons. The molecule has 0 radical (unpaired) electrons. The van der Waals surface area contributed by atoms with E-state index in [2.05, 4.69) is 10.5 Å². The van der Waals surface area contributed by atoms with Crippen molar-refractivity contribution in [2.24, 2.45) is 10.9 Å². The number of amidine groups is 1. The summed E-state index contributed by atoms with van der Waals surface area (Å²) in [5.41, 5.74) is 5.33. The van der Waals surface area contributed by atoms with E-state index in [9.17, 15) is 0 Å². The molecule has 0 atom stereocenters. The monoisotopic (exact) mass is 201 g/mol. The van der Waals surface area contributed by atoms with E-state index in [1.165, 1.54) is 0 Å². The topological polar surface area (TPSA) is 79.9 Å². The fourth-order valence-electron chi connectivity index (χ4n) is 1.55. The third-order valence-electron chi connectivity index (χ3n) is 2.60. The summed E-state index contributed by atoms with van der Waals surface area (Å²) in [5.74, 6) is 0.301. The standard InChI is InChI=1S/C9H19N3O2/c1-14-8-5-7(6-8)11-4-2-3-9(10)12-13/h7-8,11,13H,2-6H2,1H3,(H2,10,12). The molecule has 4 N–H and O–H groups in total. The lowest BCUT2D eigenvalue weighted by atomic mass is 9.89. The van der Waals surface area contributed by atoms with Gasteiger partial charge in [0, 0.05) is 19.6 Å². The Morgan fingerprint density at radius 2 is 2.36 bits per heavy atom. The summed E-state index contributed by atoms with van der Waals surface area (Å²) in [5, 5.41) is 14.6. The number of nitrogens with two attached hydrogens (primary N) is 1. The number of nitrogens with zero attached hydrogens (tertiary/aromatic N) is 1. The van der Waals surface area contributed by atoms with Crippen molar-refractivity contribution >= 4 is 5.84 Å². The first kappa shape index (κ1) is 11.3. The SMILES string of the molecule is COC1CC(NCCCC(N)=NO)C1. The number of rotatable bonds is 6. The summed E-state index contributed by atoms with van der Waals surface area (Å²) in [4.78, 5) is 0. The van der Waals surface area contributed by atoms with E-state index in [1.807, 2.05) is 0 Å². The van der Waals surface area contributed by atoms with Gasteiger partial charge in [0.25, 0.3) is 0 Å². The van der Waals surface area contributed by atoms with Crippen LogP contribution in [0.3, 0.4) is 0 Å². The van der Waals surface area contributed by atoms with Gasteiger partial charge < -0.3 is 21.0 Å². The minimum atomic E-state index is 0.301. The van der Waals surface area contributed by atoms with Crippen molar-refractivity contribution in [3.05, 3.63) is 0 Å². The summed E-state index contributed by atoms with van der Waals surface area (Å²) in [6.45, 7) is 0.914. The van der Waals surface area contributed by atoms with E-state index >= 15 is 0 Å². The van der Waals surface area contributed by atoms with Gasteiger partial charge in [-0.15, -0.1) is 0 Å². The van der Waals surface area contributed by atoms with Crippen molar-refractivity contribution in [1.82, 2.24) is 5.32 Å². The third-order valence-corrected chi connectivity index (χ3v) is 2.60. The van der Waals surface area contributed by atoms with Crippen molar-refractivity contribution in [2.45, 2.75) is 37.8 Å². The van der Waals surface area contributed by atoms with E-state index in [-0.39, 0.29) is 0 Å². The molecule has 5 nitrogen and oxygen atoms in total. The van der Waals surface area contributed by atoms with E-state index in [0.29, 0.717) is 24.4 Å². The average molecular weight is 201 g/mol. The predicted molar refractivity (Wildman–Crippen MR) is 54.5 cm³/mol. The molecule has 0 aliphatic heterocycles. The maximum atomic E-state index is 8.29. The Hall–Kier alpha value is -0.810. The number of hydrogen-bond donors (Lipinski definition) is 3. The Balaban J connectivity index is 1.91. The first-order valence-electron chi connectivity index (χ1n) is 4.99. The lowest BCUT2D eigenvalue weighted by molar-refractivity contribution is 0.0176. The Bertz CT molecular complexity index is 190. The first-order valence-corrected chi connectivity index (χ1v) is 4.99. The molecule has 14 heavy (non-hydrogen) atoms. The van der Waals surface area contributed by atoms with E-state index < -0.39 is 0 Å². The van der Waals surface area contributed by atoms with Gasteiger partial charge in [-0.05, 0) is 25.8 Å². The van der Waals surface area contributed by atoms with Gasteiger partial charge in [0.2, 0.25) is 0 Å². The van der Waals surface area contributed by atoms with Gasteiger partial charge >= 0.3 is 0 Å². The van der Waals surface area contributed by atoms with Gasteiger partial charge in [0.15, 0.2) is 0 Å². The Morgan fingerprint density at radius 3 is 2.93 bits per heavy atom. The van der Waals surface area contributed by atoms with Crippen molar-refractivity contribution in [3.63, 3.8) is 0 Å². The molecule has 0 unspecified atom stereocenters. The highest BCUT2D eigenvalue weighted by atomic mass is 16.5. The largest absolute Gasteiger partial charge is 0.409 e. The van der Waals surface area contributed by atoms with Crippen LogP contribution < -0.4 is 11.1 Å². The summed E-state index contributed by atoms with van der Waals surface area (Å²) >= 11 is 0. The van der Waals surface area contributed by atoms with Crippen LogP contribution in [0.2, 0.25) is 0 Å². The van der Waals surface area contributed by atoms with Crippen molar-refractivity contribution in [3.8, 4) is 0 Å². The van der Waals surface area contributed by atoms with Crippen molar-refractivity contribution < 1.29 is 9.94 Å². The van der Waals surface area contributed by atoms with Crippen LogP contribution in [-0.2, 0) is 4.74 Å². The molecular weight excluding hydrogens is 182 g/mol. The molecule has 1 rings (SSSR count). The highest BCUT2D eigenvalue weighted by Crippen LogP contribution is 2.22. The predicted octanol–water partition coefficient (Wildman–Crippen LogP) is 0.280. The highest BCUT2D eigenvalue weighted by molar-refractivity contribution is 5.79. The van der Waals surface area contributed by atoms with Crippen LogP contribution in [0, 0.1) is 0 Å². The minimum absolute atomic E-state index is 0.301. The van der Waals surface area contributed by atoms with Crippen LogP contribution in [0.15, 0.2) is 5.16 Å². The Labute approximate surface area is 84.3 Å². The van der Waals surface area contributed by atoms with Crippen molar-refractivity contribution in [2.75, 3.05) is 13.7 Å². The number of oxime groups is 1. The second-order valence-electron chi connectivity index (χ2n) is 3.68. The van der Waals surface area contributed by atoms with Crippen LogP contribution >= 0.6 is 0 Å². The summed E-state index contributed by atoms with van der Waals surface area (Å²) < 4.78 is 5.17. The molecule has 5 heteroatoms. The molecule has 1 aliphatic carbocycles. The number of ether oxygens (including phenoxy) is 1. The first-order chi connectivity index (χ1) is 6.76. The zero-order chi connectivity index (χ0) is 10.4. The van der Waals surface area contributed by atoms with Gasteiger partial charge in [-0.2, -0.15) is 0 Å². The smallest absolute Gasteiger partial charge is 0.139 e. The van der Waals surface area contributed by atoms with Crippen LogP contribution in [0.25, 0.3) is 0 Å². The molecule has 1 fully saturated rings. The van der Waals surface area contributed by atoms with Gasteiger partial charge in [0.05, 0.1) is 6.10 Å². The fourth-order valence-corrected chi connectivity index (χ4v) is 1.55. The fraction of sp³-hybridized carbons (Fsp3) is 0.889. The minimum Gasteiger partial charge on any atom is -0.409 e. The molecule has 0 aromatic carbocycles. The van der Waals surface area contributed by atoms with Crippen LogP contribution in [0.5, 0.6) is 0 Å². The molecule has 0 aromatic rings. The van der Waals surface area contributed by atoms with Gasteiger partial charge in [-0.3, -0.25) is 0 Å². The van der Waals surface area contributed by atoms with Gasteiger partial charge in [-0.1, -0.05) is 5.16 Å². The second-order valence-corrected chi connectivity index (χ2v) is 3.68. The van der Waals surface area contributed by atoms with Crippen LogP contribution in [0.1, 0.15) is 25.7 Å². The van der Waals surface area contributed by atoms with Gasteiger partial charge in [-0.25, -0.2) is 0 Å².